The summed E-state index contributed by atoms with van der Waals surface area (Å²) in [5, 5.41) is 11.5. The molecule has 0 radical (unpaired) electrons. The van der Waals surface area contributed by atoms with E-state index < -0.39 is 0 Å². The molecule has 1 aliphatic carbocycles. The maximum atomic E-state index is 13.6. The standard InChI is InChI=1S/C31H41N7O2/c1-21(2)28-17-36(3)10-11-38(28)16-22-12-26(23-8-9-23)34-27(13-22)30(39)33-25-7-5-6-24(14-25)31(18-40-19-31)15-29-35-32-20-37(29)4/h5-7,12-14,20-21,23,28H,8-11,15-19H2,1-4H3,(H,33,39). The van der Waals surface area contributed by atoms with Gasteiger partial charge in [-0.05, 0) is 61.2 Å². The lowest BCUT2D eigenvalue weighted by molar-refractivity contribution is -0.0610. The van der Waals surface area contributed by atoms with Crippen molar-refractivity contribution >= 4 is 11.6 Å². The third-order valence-corrected chi connectivity index (χ3v) is 8.82. The van der Waals surface area contributed by atoms with E-state index >= 15 is 0 Å². The summed E-state index contributed by atoms with van der Waals surface area (Å²) in [7, 11) is 4.17. The Morgan fingerprint density at radius 2 is 1.98 bits per heavy atom. The first-order valence-corrected chi connectivity index (χ1v) is 14.6. The van der Waals surface area contributed by atoms with Crippen LogP contribution in [-0.2, 0) is 30.2 Å². The lowest BCUT2D eigenvalue weighted by Crippen LogP contribution is -2.53. The first-order valence-electron chi connectivity index (χ1n) is 14.6. The lowest BCUT2D eigenvalue weighted by atomic mass is 9.75. The molecule has 9 heteroatoms. The second-order valence-corrected chi connectivity index (χ2v) is 12.4. The zero-order valence-electron chi connectivity index (χ0n) is 24.1. The van der Waals surface area contributed by atoms with E-state index in [0.717, 1.165) is 68.2 Å². The van der Waals surface area contributed by atoms with Gasteiger partial charge in [0, 0.05) is 68.4 Å². The minimum Gasteiger partial charge on any atom is -0.379 e. The molecule has 212 valence electrons. The van der Waals surface area contributed by atoms with Crippen molar-refractivity contribution in [3.63, 3.8) is 0 Å². The monoisotopic (exact) mass is 543 g/mol. The summed E-state index contributed by atoms with van der Waals surface area (Å²) in [4.78, 5) is 23.4. The number of aromatic nitrogens is 4. The van der Waals surface area contributed by atoms with Crippen molar-refractivity contribution in [2.24, 2.45) is 13.0 Å². The van der Waals surface area contributed by atoms with Crippen LogP contribution in [0.1, 0.15) is 65.7 Å². The van der Waals surface area contributed by atoms with Crippen molar-refractivity contribution in [2.75, 3.05) is 45.2 Å². The van der Waals surface area contributed by atoms with E-state index in [-0.39, 0.29) is 11.3 Å². The van der Waals surface area contributed by atoms with Crippen LogP contribution >= 0.6 is 0 Å². The molecule has 9 nitrogen and oxygen atoms in total. The van der Waals surface area contributed by atoms with Gasteiger partial charge >= 0.3 is 0 Å². The molecule has 2 saturated heterocycles. The zero-order valence-corrected chi connectivity index (χ0v) is 24.1. The molecule has 1 saturated carbocycles. The second kappa shape index (κ2) is 11.0. The highest BCUT2D eigenvalue weighted by atomic mass is 16.5. The van der Waals surface area contributed by atoms with Crippen LogP contribution in [0, 0.1) is 5.92 Å². The molecule has 3 aromatic rings. The van der Waals surface area contributed by atoms with Gasteiger partial charge in [-0.3, -0.25) is 9.69 Å². The third kappa shape index (κ3) is 5.68. The van der Waals surface area contributed by atoms with Gasteiger partial charge < -0.3 is 19.5 Å². The van der Waals surface area contributed by atoms with E-state index in [2.05, 4.69) is 64.4 Å². The minimum atomic E-state index is -0.172. The van der Waals surface area contributed by atoms with E-state index in [1.165, 1.54) is 5.56 Å². The van der Waals surface area contributed by atoms with Crippen molar-refractivity contribution in [3.8, 4) is 0 Å². The number of carbonyl (C=O) groups is 1. The van der Waals surface area contributed by atoms with Crippen LogP contribution < -0.4 is 5.32 Å². The number of ether oxygens (including phenoxy) is 1. The normalized spacial score (nSPS) is 21.4. The highest BCUT2D eigenvalue weighted by Gasteiger charge is 2.42. The molecule has 1 N–H and O–H groups in total. The highest BCUT2D eigenvalue weighted by Crippen LogP contribution is 2.40. The Balaban J connectivity index is 1.21. The first kappa shape index (κ1) is 27.1. The molecular formula is C31H41N7O2. The molecule has 4 heterocycles. The summed E-state index contributed by atoms with van der Waals surface area (Å²) in [5.41, 5.74) is 4.47. The molecule has 0 bridgehead atoms. The number of hydrogen-bond acceptors (Lipinski definition) is 7. The summed E-state index contributed by atoms with van der Waals surface area (Å²) in [5.74, 6) is 1.81. The Hall–Kier alpha value is -3.14. The Kier molecular flexibility index (Phi) is 7.46. The lowest BCUT2D eigenvalue weighted by Gasteiger charge is -2.42. The highest BCUT2D eigenvalue weighted by molar-refractivity contribution is 6.03. The largest absolute Gasteiger partial charge is 0.379 e. The van der Waals surface area contributed by atoms with Gasteiger partial charge in [-0.2, -0.15) is 0 Å². The van der Waals surface area contributed by atoms with Crippen molar-refractivity contribution in [2.45, 2.75) is 57.0 Å². The summed E-state index contributed by atoms with van der Waals surface area (Å²) in [6.45, 7) is 9.87. The van der Waals surface area contributed by atoms with Crippen molar-refractivity contribution in [1.82, 2.24) is 29.5 Å². The quantitative estimate of drug-likeness (QED) is 0.441. The molecule has 2 aliphatic heterocycles. The van der Waals surface area contributed by atoms with Crippen molar-refractivity contribution < 1.29 is 9.53 Å². The predicted octanol–water partition coefficient (Wildman–Crippen LogP) is 3.62. The van der Waals surface area contributed by atoms with Gasteiger partial charge in [0.25, 0.3) is 5.91 Å². The van der Waals surface area contributed by atoms with Crippen molar-refractivity contribution in [3.05, 3.63) is 71.1 Å². The summed E-state index contributed by atoms with van der Waals surface area (Å²) in [6, 6.07) is 12.9. The summed E-state index contributed by atoms with van der Waals surface area (Å²) < 4.78 is 7.61. The molecule has 6 rings (SSSR count). The van der Waals surface area contributed by atoms with E-state index in [4.69, 9.17) is 9.72 Å². The van der Waals surface area contributed by atoms with Gasteiger partial charge in [-0.1, -0.05) is 26.0 Å². The maximum absolute atomic E-state index is 13.6. The van der Waals surface area contributed by atoms with Crippen LogP contribution in [0.25, 0.3) is 0 Å². The van der Waals surface area contributed by atoms with Crippen LogP contribution in [-0.4, -0.2) is 81.4 Å². The number of nitrogens with zero attached hydrogens (tertiary/aromatic N) is 6. The molecule has 2 aromatic heterocycles. The average Bonchev–Trinajstić information content (AvgIpc) is 3.69. The predicted molar refractivity (Wildman–Crippen MR) is 154 cm³/mol. The number of pyridine rings is 1. The molecule has 1 amide bonds. The van der Waals surface area contributed by atoms with Gasteiger partial charge in [-0.25, -0.2) is 4.98 Å². The molecule has 1 atom stereocenters. The number of hydrogen-bond donors (Lipinski definition) is 1. The molecule has 0 spiro atoms. The fourth-order valence-electron chi connectivity index (χ4n) is 6.07. The van der Waals surface area contributed by atoms with Gasteiger partial charge in [0.05, 0.1) is 13.2 Å². The molecule has 1 aromatic carbocycles. The maximum Gasteiger partial charge on any atom is 0.274 e. The summed E-state index contributed by atoms with van der Waals surface area (Å²) >= 11 is 0. The molecular weight excluding hydrogens is 502 g/mol. The SMILES string of the molecule is CC(C)C1CN(C)CCN1Cc1cc(C(=O)Nc2cccc(C3(Cc4nncn4C)COC3)c2)nc(C2CC2)c1. The fraction of sp³-hybridized carbons (Fsp3) is 0.548. The van der Waals surface area contributed by atoms with Crippen molar-refractivity contribution in [1.29, 1.82) is 0 Å². The van der Waals surface area contributed by atoms with E-state index in [0.29, 0.717) is 36.8 Å². The van der Waals surface area contributed by atoms with Crippen LogP contribution in [0.5, 0.6) is 0 Å². The Bertz CT molecular complexity index is 1360. The Morgan fingerprint density at radius 1 is 1.15 bits per heavy atom. The van der Waals surface area contributed by atoms with Gasteiger partial charge in [0.1, 0.15) is 17.8 Å². The number of benzene rings is 1. The number of aryl methyl sites for hydroxylation is 1. The van der Waals surface area contributed by atoms with E-state index in [1.54, 1.807) is 6.33 Å². The molecule has 3 aliphatic rings. The van der Waals surface area contributed by atoms with Gasteiger partial charge in [0.2, 0.25) is 0 Å². The zero-order chi connectivity index (χ0) is 27.9. The minimum absolute atomic E-state index is 0.160. The molecule has 3 fully saturated rings. The number of rotatable bonds is 9. The van der Waals surface area contributed by atoms with Crippen LogP contribution in [0.3, 0.4) is 0 Å². The van der Waals surface area contributed by atoms with Crippen LogP contribution in [0.15, 0.2) is 42.7 Å². The van der Waals surface area contributed by atoms with Crippen LogP contribution in [0.2, 0.25) is 0 Å². The number of anilines is 1. The average molecular weight is 544 g/mol. The first-order chi connectivity index (χ1) is 19.3. The Morgan fingerprint density at radius 3 is 2.65 bits per heavy atom. The number of carbonyl (C=O) groups excluding carboxylic acids is 1. The van der Waals surface area contributed by atoms with E-state index in [1.807, 2.05) is 29.8 Å². The number of likely N-dealkylation sites (N-methyl/N-ethyl adjacent to an activating group) is 1. The smallest absolute Gasteiger partial charge is 0.274 e. The fourth-order valence-corrected chi connectivity index (χ4v) is 6.07. The number of piperazine rings is 1. The summed E-state index contributed by atoms with van der Waals surface area (Å²) in [6.07, 6.45) is 4.76. The van der Waals surface area contributed by atoms with Gasteiger partial charge in [-0.15, -0.1) is 10.2 Å². The van der Waals surface area contributed by atoms with Crippen LogP contribution in [0.4, 0.5) is 5.69 Å². The topological polar surface area (TPSA) is 88.4 Å². The number of amides is 1. The van der Waals surface area contributed by atoms with E-state index in [9.17, 15) is 4.79 Å². The number of nitrogens with one attached hydrogen (secondary N) is 1. The van der Waals surface area contributed by atoms with Gasteiger partial charge in [0.15, 0.2) is 0 Å². The second-order valence-electron chi connectivity index (χ2n) is 12.4. The third-order valence-electron chi connectivity index (χ3n) is 8.82. The molecule has 1 unspecified atom stereocenters. The Labute approximate surface area is 236 Å². The molecule has 40 heavy (non-hydrogen) atoms.